The molecule has 0 amide bonds. The van der Waals surface area contributed by atoms with Crippen molar-refractivity contribution in [3.63, 3.8) is 0 Å². The number of anilines is 1. The predicted molar refractivity (Wildman–Crippen MR) is 106 cm³/mol. The minimum Gasteiger partial charge on any atom is -0.508 e. The highest BCUT2D eigenvalue weighted by molar-refractivity contribution is 7.80. The molecule has 136 valence electrons. The lowest BCUT2D eigenvalue weighted by atomic mass is 9.89. The quantitative estimate of drug-likeness (QED) is 0.632. The van der Waals surface area contributed by atoms with Gasteiger partial charge in [-0.1, -0.05) is 6.07 Å². The van der Waals surface area contributed by atoms with Crippen molar-refractivity contribution in [1.29, 1.82) is 0 Å². The highest BCUT2D eigenvalue weighted by atomic mass is 32.1. The van der Waals surface area contributed by atoms with Gasteiger partial charge in [0.15, 0.2) is 10.9 Å². The Bertz CT molecular complexity index is 784. The number of hydrogen-bond acceptors (Lipinski definition) is 4. The molecular weight excluding hydrogens is 348 g/mol. The second kappa shape index (κ2) is 8.19. The van der Waals surface area contributed by atoms with Crippen LogP contribution in [-0.2, 0) is 0 Å². The van der Waals surface area contributed by atoms with E-state index in [2.05, 4.69) is 10.2 Å². The molecule has 2 aromatic rings. The molecule has 0 atom stereocenters. The molecule has 2 aromatic carbocycles. The van der Waals surface area contributed by atoms with Crippen LogP contribution in [0.1, 0.15) is 23.2 Å². The first kappa shape index (κ1) is 18.2. The molecule has 0 aromatic heterocycles. The third kappa shape index (κ3) is 4.32. The van der Waals surface area contributed by atoms with Crippen LogP contribution in [0, 0.1) is 5.92 Å². The summed E-state index contributed by atoms with van der Waals surface area (Å²) in [6.07, 6.45) is 1.53. The largest absolute Gasteiger partial charge is 0.508 e. The lowest BCUT2D eigenvalue weighted by molar-refractivity contribution is 0.0873. The first-order valence-electron chi connectivity index (χ1n) is 8.60. The number of carbonyl (C=O) groups is 1. The fourth-order valence-corrected chi connectivity index (χ4v) is 3.41. The van der Waals surface area contributed by atoms with Crippen LogP contribution in [0.15, 0.2) is 48.5 Å². The number of rotatable bonds is 4. The van der Waals surface area contributed by atoms with Crippen LogP contribution < -0.4 is 10.1 Å². The second-order valence-electron chi connectivity index (χ2n) is 6.33. The van der Waals surface area contributed by atoms with Crippen molar-refractivity contribution in [1.82, 2.24) is 4.90 Å². The number of nitrogens with one attached hydrogen (secondary N) is 1. The van der Waals surface area contributed by atoms with E-state index in [0.717, 1.165) is 37.4 Å². The zero-order chi connectivity index (χ0) is 18.5. The standard InChI is InChI=1S/C20H22N2O3S/c1-25-18-4-2-3-16(13-18)21-20(26)22-11-9-15(10-12-22)19(24)14-5-7-17(23)8-6-14/h2-8,13,15,23H,9-12H2,1H3,(H,21,26). The summed E-state index contributed by atoms with van der Waals surface area (Å²) >= 11 is 5.51. The molecule has 1 saturated heterocycles. The average Bonchev–Trinajstić information content (AvgIpc) is 2.68. The van der Waals surface area contributed by atoms with E-state index in [9.17, 15) is 9.90 Å². The highest BCUT2D eigenvalue weighted by Crippen LogP contribution is 2.24. The summed E-state index contributed by atoms with van der Waals surface area (Å²) in [6.45, 7) is 1.48. The number of methoxy groups -OCH3 is 1. The Morgan fingerprint density at radius 1 is 1.19 bits per heavy atom. The number of benzene rings is 2. The number of carbonyl (C=O) groups excluding carboxylic acids is 1. The minimum atomic E-state index is -0.00425. The normalized spacial score (nSPS) is 14.7. The van der Waals surface area contributed by atoms with Crippen LogP contribution in [0.4, 0.5) is 5.69 Å². The number of ketones is 1. The third-order valence-electron chi connectivity index (χ3n) is 4.63. The number of piperidine rings is 1. The Labute approximate surface area is 158 Å². The second-order valence-corrected chi connectivity index (χ2v) is 6.72. The van der Waals surface area contributed by atoms with E-state index < -0.39 is 0 Å². The molecule has 1 fully saturated rings. The summed E-state index contributed by atoms with van der Waals surface area (Å²) in [5, 5.41) is 13.2. The monoisotopic (exact) mass is 370 g/mol. The molecule has 0 aliphatic carbocycles. The van der Waals surface area contributed by atoms with Crippen molar-refractivity contribution in [3.05, 3.63) is 54.1 Å². The van der Waals surface area contributed by atoms with Gasteiger partial charge in [0.2, 0.25) is 0 Å². The molecule has 6 heteroatoms. The van der Waals surface area contributed by atoms with Gasteiger partial charge >= 0.3 is 0 Å². The Hall–Kier alpha value is -2.60. The van der Waals surface area contributed by atoms with Gasteiger partial charge in [0, 0.05) is 36.3 Å². The highest BCUT2D eigenvalue weighted by Gasteiger charge is 2.26. The van der Waals surface area contributed by atoms with E-state index in [0.29, 0.717) is 10.7 Å². The summed E-state index contributed by atoms with van der Waals surface area (Å²) in [5.41, 5.74) is 1.54. The van der Waals surface area contributed by atoms with Gasteiger partial charge in [-0.05, 0) is 61.5 Å². The van der Waals surface area contributed by atoms with Crippen molar-refractivity contribution >= 4 is 28.8 Å². The van der Waals surface area contributed by atoms with Crippen molar-refractivity contribution in [2.45, 2.75) is 12.8 Å². The van der Waals surface area contributed by atoms with Crippen molar-refractivity contribution in [3.8, 4) is 11.5 Å². The SMILES string of the molecule is COc1cccc(NC(=S)N2CCC(C(=O)c3ccc(O)cc3)CC2)c1. The summed E-state index contributed by atoms with van der Waals surface area (Å²) in [6, 6.07) is 14.1. The molecular formula is C20H22N2O3S. The lowest BCUT2D eigenvalue weighted by Crippen LogP contribution is -2.42. The van der Waals surface area contributed by atoms with Crippen LogP contribution in [0.2, 0.25) is 0 Å². The molecule has 2 N–H and O–H groups in total. The maximum absolute atomic E-state index is 12.6. The first-order valence-corrected chi connectivity index (χ1v) is 9.01. The van der Waals surface area contributed by atoms with Crippen LogP contribution >= 0.6 is 12.2 Å². The number of phenols is 1. The molecule has 0 bridgehead atoms. The van der Waals surface area contributed by atoms with Crippen LogP contribution in [-0.4, -0.2) is 41.1 Å². The summed E-state index contributed by atoms with van der Waals surface area (Å²) in [4.78, 5) is 14.7. The van der Waals surface area contributed by atoms with Crippen LogP contribution in [0.5, 0.6) is 11.5 Å². The third-order valence-corrected chi connectivity index (χ3v) is 4.99. The summed E-state index contributed by atoms with van der Waals surface area (Å²) in [5.74, 6) is 1.08. The Balaban J connectivity index is 1.55. The predicted octanol–water partition coefficient (Wildman–Crippen LogP) is 3.69. The van der Waals surface area contributed by atoms with E-state index in [4.69, 9.17) is 17.0 Å². The number of Topliss-reactive ketones (excluding diaryl/α,β-unsaturated/α-hetero) is 1. The number of likely N-dealkylation sites (tertiary alicyclic amines) is 1. The zero-order valence-electron chi connectivity index (χ0n) is 14.6. The Kier molecular flexibility index (Phi) is 5.73. The van der Waals surface area contributed by atoms with Gasteiger partial charge in [0.25, 0.3) is 0 Å². The van der Waals surface area contributed by atoms with E-state index in [-0.39, 0.29) is 17.5 Å². The van der Waals surface area contributed by atoms with E-state index >= 15 is 0 Å². The van der Waals surface area contributed by atoms with Gasteiger partial charge in [-0.3, -0.25) is 4.79 Å². The van der Waals surface area contributed by atoms with Crippen LogP contribution in [0.3, 0.4) is 0 Å². The van der Waals surface area contributed by atoms with Gasteiger partial charge in [-0.25, -0.2) is 0 Å². The number of hydrogen-bond donors (Lipinski definition) is 2. The Morgan fingerprint density at radius 3 is 2.54 bits per heavy atom. The van der Waals surface area contributed by atoms with Crippen molar-refractivity contribution in [2.24, 2.45) is 5.92 Å². The molecule has 0 unspecified atom stereocenters. The van der Waals surface area contributed by atoms with E-state index in [1.165, 1.54) is 0 Å². The number of nitrogens with zero attached hydrogens (tertiary/aromatic N) is 1. The molecule has 26 heavy (non-hydrogen) atoms. The van der Waals surface area contributed by atoms with Gasteiger partial charge in [-0.2, -0.15) is 0 Å². The van der Waals surface area contributed by atoms with Gasteiger partial charge in [0.05, 0.1) is 7.11 Å². The molecule has 3 rings (SSSR count). The maximum atomic E-state index is 12.6. The number of aromatic hydroxyl groups is 1. The maximum Gasteiger partial charge on any atom is 0.173 e. The zero-order valence-corrected chi connectivity index (χ0v) is 15.5. The van der Waals surface area contributed by atoms with Crippen molar-refractivity contribution in [2.75, 3.05) is 25.5 Å². The fourth-order valence-electron chi connectivity index (χ4n) is 3.11. The minimum absolute atomic E-state index is 0.00425. The number of ether oxygens (including phenoxy) is 1. The molecule has 1 aliphatic heterocycles. The topological polar surface area (TPSA) is 61.8 Å². The summed E-state index contributed by atoms with van der Waals surface area (Å²) < 4.78 is 5.22. The molecule has 1 aliphatic rings. The van der Waals surface area contributed by atoms with Crippen LogP contribution in [0.25, 0.3) is 0 Å². The molecule has 0 saturated carbocycles. The van der Waals surface area contributed by atoms with Gasteiger partial charge in [-0.15, -0.1) is 0 Å². The van der Waals surface area contributed by atoms with Crippen molar-refractivity contribution < 1.29 is 14.6 Å². The Morgan fingerprint density at radius 2 is 1.88 bits per heavy atom. The fraction of sp³-hybridized carbons (Fsp3) is 0.300. The molecule has 5 nitrogen and oxygen atoms in total. The summed E-state index contributed by atoms with van der Waals surface area (Å²) in [7, 11) is 1.63. The molecule has 0 radical (unpaired) electrons. The average molecular weight is 370 g/mol. The molecule has 0 spiro atoms. The van der Waals surface area contributed by atoms with Gasteiger partial charge in [0.1, 0.15) is 11.5 Å². The smallest absolute Gasteiger partial charge is 0.173 e. The van der Waals surface area contributed by atoms with E-state index in [1.54, 1.807) is 31.4 Å². The number of thiocarbonyl (C=S) groups is 1. The van der Waals surface area contributed by atoms with Gasteiger partial charge < -0.3 is 20.1 Å². The molecule has 1 heterocycles. The first-order chi connectivity index (χ1) is 12.6. The lowest BCUT2D eigenvalue weighted by Gasteiger charge is -2.33. The number of phenolic OH excluding ortho intramolecular Hbond substituents is 1. The van der Waals surface area contributed by atoms with E-state index in [1.807, 2.05) is 24.3 Å².